The van der Waals surface area contributed by atoms with Gasteiger partial charge in [0.15, 0.2) is 5.78 Å². The van der Waals surface area contributed by atoms with Crippen LogP contribution in [-0.2, 0) is 20.7 Å². The third-order valence-corrected chi connectivity index (χ3v) is 6.11. The first-order chi connectivity index (χ1) is 16.0. The van der Waals surface area contributed by atoms with E-state index in [1.165, 1.54) is 12.1 Å². The molecule has 2 atom stereocenters. The van der Waals surface area contributed by atoms with E-state index in [-0.39, 0.29) is 5.75 Å². The number of Topliss-reactive ketones (excluding diaryl/α,β-unsaturated/α-hetero) is 1. The molecule has 1 N–H and O–H groups in total. The number of hydrogen-bond donors (Lipinski definition) is 1. The van der Waals surface area contributed by atoms with Crippen molar-refractivity contribution in [2.24, 2.45) is 5.41 Å². The number of amides is 1. The van der Waals surface area contributed by atoms with Crippen LogP contribution in [0.2, 0.25) is 5.02 Å². The zero-order valence-electron chi connectivity index (χ0n) is 19.3. The first kappa shape index (κ1) is 25.5. The topological polar surface area (TPSA) is 81.7 Å². The van der Waals surface area contributed by atoms with Gasteiger partial charge in [0.2, 0.25) is 17.2 Å². The molecule has 0 bridgehead atoms. The van der Waals surface area contributed by atoms with E-state index in [0.29, 0.717) is 21.4 Å². The van der Waals surface area contributed by atoms with Gasteiger partial charge >= 0.3 is 0 Å². The number of aryl methyl sites for hydroxylation is 1. The van der Waals surface area contributed by atoms with E-state index in [9.17, 15) is 13.8 Å². The highest BCUT2D eigenvalue weighted by Crippen LogP contribution is 2.26. The first-order valence-corrected chi connectivity index (χ1v) is 12.0. The van der Waals surface area contributed by atoms with Gasteiger partial charge in [-0.1, -0.05) is 56.6 Å². The molecule has 3 aromatic carbocycles. The normalized spacial score (nSPS) is 13.0. The molecular formula is C26H26ClNO5S. The summed E-state index contributed by atoms with van der Waals surface area (Å²) >= 11 is 4.46. The molecule has 3 rings (SSSR count). The SMILES string of the molecule is Cc1ccc(Cl)c(NC(=O)C(Oc2ccc(S(=O)Oc3ccccc3)cc2)C(=O)C(C)(C)C)c1. The molecule has 0 aliphatic heterocycles. The molecule has 0 radical (unpaired) electrons. The van der Waals surface area contributed by atoms with Gasteiger partial charge in [-0.05, 0) is 61.0 Å². The molecule has 0 saturated carbocycles. The fraction of sp³-hybridized carbons (Fsp3) is 0.231. The second kappa shape index (κ2) is 10.8. The number of ether oxygens (including phenoxy) is 1. The Labute approximate surface area is 206 Å². The summed E-state index contributed by atoms with van der Waals surface area (Å²) < 4.78 is 23.7. The van der Waals surface area contributed by atoms with E-state index in [4.69, 9.17) is 20.5 Å². The van der Waals surface area contributed by atoms with Crippen LogP contribution in [0.4, 0.5) is 5.69 Å². The minimum absolute atomic E-state index is 0.272. The van der Waals surface area contributed by atoms with E-state index in [1.54, 1.807) is 69.3 Å². The molecule has 178 valence electrons. The van der Waals surface area contributed by atoms with E-state index in [2.05, 4.69) is 5.32 Å². The van der Waals surface area contributed by atoms with Crippen molar-refractivity contribution in [2.45, 2.75) is 38.7 Å². The lowest BCUT2D eigenvalue weighted by Crippen LogP contribution is -2.45. The Hall–Kier alpha value is -3.16. The van der Waals surface area contributed by atoms with Crippen LogP contribution in [0.5, 0.6) is 11.5 Å². The number of carbonyl (C=O) groups is 2. The van der Waals surface area contributed by atoms with Gasteiger partial charge in [-0.25, -0.2) is 4.21 Å². The van der Waals surface area contributed by atoms with Crippen molar-refractivity contribution in [3.8, 4) is 11.5 Å². The van der Waals surface area contributed by atoms with Crippen LogP contribution in [-0.4, -0.2) is 22.0 Å². The van der Waals surface area contributed by atoms with Gasteiger partial charge in [-0.15, -0.1) is 0 Å². The summed E-state index contributed by atoms with van der Waals surface area (Å²) in [4.78, 5) is 26.5. The molecule has 2 unspecified atom stereocenters. The van der Waals surface area contributed by atoms with E-state index < -0.39 is 34.3 Å². The quantitative estimate of drug-likeness (QED) is 0.399. The van der Waals surface area contributed by atoms with Crippen LogP contribution in [0, 0.1) is 12.3 Å². The van der Waals surface area contributed by atoms with E-state index in [1.807, 2.05) is 19.1 Å². The summed E-state index contributed by atoms with van der Waals surface area (Å²) in [6, 6.07) is 20.2. The number of nitrogens with one attached hydrogen (secondary N) is 1. The molecule has 0 saturated heterocycles. The Morgan fingerprint density at radius 1 is 0.941 bits per heavy atom. The smallest absolute Gasteiger partial charge is 0.273 e. The van der Waals surface area contributed by atoms with Crippen LogP contribution in [0.3, 0.4) is 0 Å². The lowest BCUT2D eigenvalue weighted by molar-refractivity contribution is -0.140. The maximum absolute atomic E-state index is 13.1. The third kappa shape index (κ3) is 6.68. The number of carbonyl (C=O) groups excluding carboxylic acids is 2. The molecule has 0 fully saturated rings. The molecule has 3 aromatic rings. The maximum atomic E-state index is 13.1. The van der Waals surface area contributed by atoms with Crippen molar-refractivity contribution in [2.75, 3.05) is 5.32 Å². The number of ketones is 1. The van der Waals surface area contributed by atoms with Crippen molar-refractivity contribution in [3.63, 3.8) is 0 Å². The van der Waals surface area contributed by atoms with Crippen LogP contribution in [0.15, 0.2) is 77.7 Å². The minimum Gasteiger partial charge on any atom is -0.473 e. The number of hydrogen-bond acceptors (Lipinski definition) is 5. The maximum Gasteiger partial charge on any atom is 0.273 e. The van der Waals surface area contributed by atoms with Crippen LogP contribution >= 0.6 is 11.6 Å². The summed E-state index contributed by atoms with van der Waals surface area (Å²) in [6.45, 7) is 7.01. The Morgan fingerprint density at radius 2 is 1.59 bits per heavy atom. The number of halogens is 1. The molecule has 0 heterocycles. The number of benzene rings is 3. The lowest BCUT2D eigenvalue weighted by Gasteiger charge is -2.25. The minimum atomic E-state index is -1.73. The van der Waals surface area contributed by atoms with Crippen molar-refractivity contribution in [1.29, 1.82) is 0 Å². The molecule has 0 aromatic heterocycles. The summed E-state index contributed by atoms with van der Waals surface area (Å²) in [7, 11) is 0. The van der Waals surface area contributed by atoms with Crippen molar-refractivity contribution in [1.82, 2.24) is 0 Å². The van der Waals surface area contributed by atoms with Crippen molar-refractivity contribution < 1.29 is 22.7 Å². The number of anilines is 1. The Balaban J connectivity index is 1.78. The Bertz CT molecular complexity index is 1190. The molecule has 6 nitrogen and oxygen atoms in total. The predicted octanol–water partition coefficient (Wildman–Crippen LogP) is 5.75. The zero-order chi connectivity index (χ0) is 24.9. The second-order valence-corrected chi connectivity index (χ2v) is 10.2. The van der Waals surface area contributed by atoms with Crippen LogP contribution in [0.25, 0.3) is 0 Å². The number of rotatable bonds is 8. The standard InChI is InChI=1S/C26H26ClNO5S/c1-17-10-15-21(27)22(16-17)28-25(30)23(24(29)26(2,3)4)32-18-11-13-20(14-12-18)34(31)33-19-8-6-5-7-9-19/h5-16,23H,1-4H3,(H,28,30). The van der Waals surface area contributed by atoms with Gasteiger partial charge < -0.3 is 14.2 Å². The molecule has 8 heteroatoms. The van der Waals surface area contributed by atoms with Crippen LogP contribution in [0.1, 0.15) is 26.3 Å². The monoisotopic (exact) mass is 499 g/mol. The average Bonchev–Trinajstić information content (AvgIpc) is 2.79. The van der Waals surface area contributed by atoms with E-state index in [0.717, 1.165) is 5.56 Å². The molecule has 34 heavy (non-hydrogen) atoms. The molecule has 0 aliphatic rings. The highest BCUT2D eigenvalue weighted by Gasteiger charge is 2.37. The zero-order valence-corrected chi connectivity index (χ0v) is 20.9. The largest absolute Gasteiger partial charge is 0.473 e. The molecule has 0 aliphatic carbocycles. The second-order valence-electron chi connectivity index (χ2n) is 8.69. The fourth-order valence-electron chi connectivity index (χ4n) is 2.93. The van der Waals surface area contributed by atoms with Gasteiger partial charge in [0.25, 0.3) is 5.91 Å². The summed E-state index contributed by atoms with van der Waals surface area (Å²) in [5.41, 5.74) is 0.468. The van der Waals surface area contributed by atoms with E-state index >= 15 is 0 Å². The third-order valence-electron chi connectivity index (χ3n) is 4.78. The summed E-state index contributed by atoms with van der Waals surface area (Å²) in [5.74, 6) is -0.279. The summed E-state index contributed by atoms with van der Waals surface area (Å²) in [6.07, 6.45) is -1.41. The van der Waals surface area contributed by atoms with Gasteiger partial charge in [0.1, 0.15) is 11.5 Å². The molecule has 1 amide bonds. The molecular weight excluding hydrogens is 474 g/mol. The van der Waals surface area contributed by atoms with Gasteiger partial charge in [-0.3, -0.25) is 9.59 Å². The van der Waals surface area contributed by atoms with Crippen LogP contribution < -0.4 is 14.2 Å². The highest BCUT2D eigenvalue weighted by molar-refractivity contribution is 7.80. The van der Waals surface area contributed by atoms with Gasteiger partial charge in [0, 0.05) is 5.41 Å². The van der Waals surface area contributed by atoms with Crippen molar-refractivity contribution in [3.05, 3.63) is 83.4 Å². The average molecular weight is 500 g/mol. The first-order valence-electron chi connectivity index (χ1n) is 10.6. The Morgan fingerprint density at radius 3 is 2.21 bits per heavy atom. The Kier molecular flexibility index (Phi) is 8.12. The summed E-state index contributed by atoms with van der Waals surface area (Å²) in [5, 5.41) is 3.05. The number of para-hydroxylation sites is 1. The molecule has 0 spiro atoms. The van der Waals surface area contributed by atoms with Crippen molar-refractivity contribution >= 4 is 40.1 Å². The highest BCUT2D eigenvalue weighted by atomic mass is 35.5. The predicted molar refractivity (Wildman–Crippen MR) is 134 cm³/mol. The van der Waals surface area contributed by atoms with Gasteiger partial charge in [0.05, 0.1) is 15.6 Å². The van der Waals surface area contributed by atoms with Gasteiger partial charge in [-0.2, -0.15) is 0 Å². The lowest BCUT2D eigenvalue weighted by atomic mass is 9.87. The fourth-order valence-corrected chi connectivity index (χ4v) is 3.83.